The number of hydrogen-bond acceptors (Lipinski definition) is 7. The predicted octanol–water partition coefficient (Wildman–Crippen LogP) is 3.36. The Balaban J connectivity index is 1.48. The minimum absolute atomic E-state index is 0.0146. The van der Waals surface area contributed by atoms with Crippen molar-refractivity contribution in [3.63, 3.8) is 0 Å². The van der Waals surface area contributed by atoms with E-state index >= 15 is 0 Å². The van der Waals surface area contributed by atoms with Crippen molar-refractivity contribution in [1.82, 2.24) is 15.0 Å². The van der Waals surface area contributed by atoms with E-state index in [1.807, 2.05) is 24.3 Å². The first-order valence-electron chi connectivity index (χ1n) is 8.92. The van der Waals surface area contributed by atoms with Crippen LogP contribution in [0.15, 0.2) is 76.7 Å². The molecule has 1 atom stereocenters. The monoisotopic (exact) mass is 423 g/mol. The summed E-state index contributed by atoms with van der Waals surface area (Å²) in [6.07, 6.45) is 3.00. The van der Waals surface area contributed by atoms with E-state index < -0.39 is 11.1 Å². The maximum atomic E-state index is 12.5. The molecule has 30 heavy (non-hydrogen) atoms. The number of aromatic nitrogens is 3. The molecule has 2 aromatic heterocycles. The zero-order valence-electron chi connectivity index (χ0n) is 15.9. The highest BCUT2D eigenvalue weighted by Gasteiger charge is 2.10. The van der Waals surface area contributed by atoms with Gasteiger partial charge < -0.3 is 9.47 Å². The quantitative estimate of drug-likeness (QED) is 0.486. The van der Waals surface area contributed by atoms with Crippen LogP contribution in [0.3, 0.4) is 0 Å². The van der Waals surface area contributed by atoms with Gasteiger partial charge in [0.05, 0.1) is 35.7 Å². The van der Waals surface area contributed by atoms with Gasteiger partial charge in [-0.25, -0.2) is 4.21 Å². The summed E-state index contributed by atoms with van der Waals surface area (Å²) in [7, 11) is 1.58. The third-order valence-corrected chi connectivity index (χ3v) is 5.14. The number of fused-ring (bicyclic) bond motifs is 1. The number of benzene rings is 2. The maximum absolute atomic E-state index is 12.5. The zero-order valence-corrected chi connectivity index (χ0v) is 16.7. The number of hydrogen-bond donors (Lipinski definition) is 1. The van der Waals surface area contributed by atoms with Gasteiger partial charge in [-0.15, -0.1) is 0 Å². The number of ether oxygens (including phenoxy) is 2. The minimum Gasteiger partial charge on any atom is -0.497 e. The van der Waals surface area contributed by atoms with Crippen molar-refractivity contribution in [2.45, 2.75) is 11.5 Å². The molecule has 0 saturated heterocycles. The standard InChI is InChI=1S/C21H17N3O5S/c1-27-15-5-2-4-14(10-15)13-28-30(26)17-7-3-6-16(11-17)29-21-23-19-12-22-9-8-18(19)20(25)24-21/h2-12H,13H2,1H3,(H,23,24,25). The Kier molecular flexibility index (Phi) is 5.82. The molecular weight excluding hydrogens is 406 g/mol. The normalized spacial score (nSPS) is 11.9. The number of H-pyrrole nitrogens is 1. The van der Waals surface area contributed by atoms with E-state index in [-0.39, 0.29) is 18.2 Å². The molecule has 0 fully saturated rings. The first kappa shape index (κ1) is 19.7. The van der Waals surface area contributed by atoms with Gasteiger partial charge in [-0.1, -0.05) is 18.2 Å². The number of nitrogens with zero attached hydrogens (tertiary/aromatic N) is 2. The molecule has 152 valence electrons. The van der Waals surface area contributed by atoms with Gasteiger partial charge in [0.25, 0.3) is 5.56 Å². The summed E-state index contributed by atoms with van der Waals surface area (Å²) in [5, 5.41) is 0.415. The van der Waals surface area contributed by atoms with Gasteiger partial charge in [-0.3, -0.25) is 18.9 Å². The Morgan fingerprint density at radius 3 is 2.77 bits per heavy atom. The molecule has 1 N–H and O–H groups in total. The largest absolute Gasteiger partial charge is 0.497 e. The van der Waals surface area contributed by atoms with Crippen molar-refractivity contribution in [2.24, 2.45) is 0 Å². The zero-order chi connectivity index (χ0) is 20.9. The van der Waals surface area contributed by atoms with Crippen LogP contribution in [0.25, 0.3) is 10.9 Å². The molecule has 2 aromatic carbocycles. The SMILES string of the molecule is COc1cccc(COS(=O)c2cccc(Oc3nc4cnccc4c(=O)[nH]3)c2)c1. The summed E-state index contributed by atoms with van der Waals surface area (Å²) in [6, 6.07) is 15.5. The van der Waals surface area contributed by atoms with Gasteiger partial charge in [-0.05, 0) is 42.0 Å². The van der Waals surface area contributed by atoms with Crippen LogP contribution >= 0.6 is 0 Å². The van der Waals surface area contributed by atoms with Crippen molar-refractivity contribution in [2.75, 3.05) is 7.11 Å². The number of methoxy groups -OCH3 is 1. The lowest BCUT2D eigenvalue weighted by Crippen LogP contribution is -2.09. The van der Waals surface area contributed by atoms with E-state index in [1.165, 1.54) is 12.4 Å². The molecule has 0 aliphatic rings. The highest BCUT2D eigenvalue weighted by Crippen LogP contribution is 2.22. The maximum Gasteiger partial charge on any atom is 0.302 e. The smallest absolute Gasteiger partial charge is 0.302 e. The molecule has 0 bridgehead atoms. The molecule has 1 unspecified atom stereocenters. The second kappa shape index (κ2) is 8.85. The highest BCUT2D eigenvalue weighted by atomic mass is 32.2. The topological polar surface area (TPSA) is 103 Å². The Labute approximate surface area is 174 Å². The fourth-order valence-corrected chi connectivity index (χ4v) is 3.50. The summed E-state index contributed by atoms with van der Waals surface area (Å²) < 4.78 is 28.8. The molecule has 0 amide bonds. The van der Waals surface area contributed by atoms with E-state index in [9.17, 15) is 9.00 Å². The van der Waals surface area contributed by atoms with Gasteiger partial charge in [0, 0.05) is 6.20 Å². The number of nitrogens with one attached hydrogen (secondary N) is 1. The second-order valence-electron chi connectivity index (χ2n) is 6.19. The summed E-state index contributed by atoms with van der Waals surface area (Å²) in [5.41, 5.74) is 0.915. The predicted molar refractivity (Wildman–Crippen MR) is 111 cm³/mol. The molecule has 9 heteroatoms. The van der Waals surface area contributed by atoms with Gasteiger partial charge in [0.2, 0.25) is 0 Å². The van der Waals surface area contributed by atoms with Gasteiger partial charge in [0.1, 0.15) is 11.5 Å². The summed E-state index contributed by atoms with van der Waals surface area (Å²) in [6.45, 7) is 0.154. The van der Waals surface area contributed by atoms with Gasteiger partial charge >= 0.3 is 6.01 Å². The number of aromatic amines is 1. The Morgan fingerprint density at radius 2 is 1.90 bits per heavy atom. The summed E-state index contributed by atoms with van der Waals surface area (Å²) >= 11 is -1.71. The van der Waals surface area contributed by atoms with Gasteiger partial charge in [-0.2, -0.15) is 4.98 Å². The van der Waals surface area contributed by atoms with E-state index in [4.69, 9.17) is 13.7 Å². The molecule has 4 rings (SSSR count). The third kappa shape index (κ3) is 4.53. The summed E-state index contributed by atoms with van der Waals surface area (Å²) in [4.78, 5) is 23.3. The van der Waals surface area contributed by atoms with Crippen LogP contribution < -0.4 is 15.0 Å². The fourth-order valence-electron chi connectivity index (χ4n) is 2.72. The van der Waals surface area contributed by atoms with Crippen molar-refractivity contribution in [1.29, 1.82) is 0 Å². The lowest BCUT2D eigenvalue weighted by atomic mass is 10.2. The molecule has 4 aromatic rings. The van der Waals surface area contributed by atoms with Crippen molar-refractivity contribution < 1.29 is 17.9 Å². The first-order valence-corrected chi connectivity index (χ1v) is 10.00. The fraction of sp³-hybridized carbons (Fsp3) is 0.0952. The Bertz CT molecular complexity index is 1270. The first-order chi connectivity index (χ1) is 14.6. The molecule has 0 saturated carbocycles. The van der Waals surface area contributed by atoms with Gasteiger partial charge in [0.15, 0.2) is 11.1 Å². The molecule has 0 radical (unpaired) electrons. The highest BCUT2D eigenvalue weighted by molar-refractivity contribution is 7.80. The second-order valence-corrected chi connectivity index (χ2v) is 7.37. The van der Waals surface area contributed by atoms with E-state index in [2.05, 4.69) is 15.0 Å². The van der Waals surface area contributed by atoms with Crippen LogP contribution in [0.5, 0.6) is 17.5 Å². The van der Waals surface area contributed by atoms with Crippen molar-refractivity contribution >= 4 is 22.0 Å². The molecule has 8 nitrogen and oxygen atoms in total. The number of rotatable bonds is 7. The number of pyridine rings is 1. The molecule has 0 aliphatic heterocycles. The molecular formula is C21H17N3O5S. The van der Waals surface area contributed by atoms with Crippen LogP contribution in [-0.2, 0) is 21.9 Å². The molecule has 0 spiro atoms. The average molecular weight is 423 g/mol. The Hall–Kier alpha value is -3.56. The lowest BCUT2D eigenvalue weighted by Gasteiger charge is -2.08. The third-order valence-electron chi connectivity index (χ3n) is 4.17. The van der Waals surface area contributed by atoms with E-state index in [1.54, 1.807) is 37.4 Å². The lowest BCUT2D eigenvalue weighted by molar-refractivity contribution is 0.335. The van der Waals surface area contributed by atoms with E-state index in [0.29, 0.717) is 27.3 Å². The van der Waals surface area contributed by atoms with Crippen LogP contribution in [0.2, 0.25) is 0 Å². The minimum atomic E-state index is -1.71. The van der Waals surface area contributed by atoms with Crippen LogP contribution in [0.4, 0.5) is 0 Å². The summed E-state index contributed by atoms with van der Waals surface area (Å²) in [5.74, 6) is 1.06. The average Bonchev–Trinajstić information content (AvgIpc) is 2.78. The van der Waals surface area contributed by atoms with Crippen LogP contribution in [0.1, 0.15) is 5.56 Å². The Morgan fingerprint density at radius 1 is 1.07 bits per heavy atom. The van der Waals surface area contributed by atoms with Crippen LogP contribution in [0, 0.1) is 0 Å². The van der Waals surface area contributed by atoms with Crippen LogP contribution in [-0.4, -0.2) is 26.3 Å². The molecule has 0 aliphatic carbocycles. The molecule has 2 heterocycles. The van der Waals surface area contributed by atoms with E-state index in [0.717, 1.165) is 5.56 Å². The van der Waals surface area contributed by atoms with Crippen molar-refractivity contribution in [3.05, 3.63) is 82.9 Å². The van der Waals surface area contributed by atoms with Crippen molar-refractivity contribution in [3.8, 4) is 17.5 Å².